The quantitative estimate of drug-likeness (QED) is 0.467. The minimum atomic E-state index is -0.725. The molecule has 1 aromatic rings. The summed E-state index contributed by atoms with van der Waals surface area (Å²) < 4.78 is 5.78. The first-order valence-electron chi connectivity index (χ1n) is 5.80. The maximum absolute atomic E-state index is 11.3. The number of hydrogen-bond acceptors (Lipinski definition) is 4. The third kappa shape index (κ3) is 2.08. The van der Waals surface area contributed by atoms with Gasteiger partial charge in [0.2, 0.25) is 6.54 Å². The van der Waals surface area contributed by atoms with Gasteiger partial charge >= 0.3 is 0 Å². The van der Waals surface area contributed by atoms with E-state index in [4.69, 9.17) is 4.74 Å². The van der Waals surface area contributed by atoms with Gasteiger partial charge in [0.15, 0.2) is 0 Å². The molecule has 2 atom stereocenters. The normalized spacial score (nSPS) is 24.8. The van der Waals surface area contributed by atoms with Gasteiger partial charge < -0.3 is 9.53 Å². The molecule has 0 saturated carbocycles. The van der Waals surface area contributed by atoms with Crippen LogP contribution in [0.3, 0.4) is 0 Å². The summed E-state index contributed by atoms with van der Waals surface area (Å²) in [4.78, 5) is 21.7. The van der Waals surface area contributed by atoms with Crippen molar-refractivity contribution >= 4 is 6.29 Å². The van der Waals surface area contributed by atoms with Gasteiger partial charge in [0.05, 0.1) is 11.8 Å². The van der Waals surface area contributed by atoms with Crippen LogP contribution < -0.4 is 4.74 Å². The Morgan fingerprint density at radius 1 is 1.44 bits per heavy atom. The average molecular weight is 249 g/mol. The summed E-state index contributed by atoms with van der Waals surface area (Å²) >= 11 is 0. The number of aldehydes is 1. The highest BCUT2D eigenvalue weighted by Gasteiger charge is 2.45. The van der Waals surface area contributed by atoms with Crippen molar-refractivity contribution in [1.29, 1.82) is 0 Å². The zero-order chi connectivity index (χ0) is 13.3. The maximum atomic E-state index is 11.3. The van der Waals surface area contributed by atoms with Gasteiger partial charge in [-0.2, -0.15) is 0 Å². The molecular weight excluding hydrogens is 234 g/mol. The summed E-state index contributed by atoms with van der Waals surface area (Å²) in [6, 6.07) is 7.19. The summed E-state index contributed by atoms with van der Waals surface area (Å²) in [6.45, 7) is 3.32. The van der Waals surface area contributed by atoms with Crippen molar-refractivity contribution in [3.05, 3.63) is 39.9 Å². The van der Waals surface area contributed by atoms with Crippen LogP contribution in [-0.4, -0.2) is 23.4 Å². The first-order chi connectivity index (χ1) is 8.45. The molecule has 0 spiro atoms. The zero-order valence-electron chi connectivity index (χ0n) is 10.3. The van der Waals surface area contributed by atoms with E-state index < -0.39 is 17.4 Å². The Bertz CT molecular complexity index is 484. The van der Waals surface area contributed by atoms with Gasteiger partial charge in [0, 0.05) is 10.5 Å². The molecule has 0 unspecified atom stereocenters. The summed E-state index contributed by atoms with van der Waals surface area (Å²) in [7, 11) is 0. The minimum Gasteiger partial charge on any atom is -0.487 e. The molecule has 0 fully saturated rings. The third-order valence-corrected chi connectivity index (χ3v) is 3.42. The Labute approximate surface area is 105 Å². The first kappa shape index (κ1) is 12.5. The summed E-state index contributed by atoms with van der Waals surface area (Å²) in [6.07, 6.45) is 0.768. The largest absolute Gasteiger partial charge is 0.487 e. The Hall–Kier alpha value is -1.91. The molecule has 0 aliphatic carbocycles. The Morgan fingerprint density at radius 3 is 2.72 bits per heavy atom. The first-order valence-corrected chi connectivity index (χ1v) is 5.80. The predicted octanol–water partition coefficient (Wildman–Crippen LogP) is 2.03. The van der Waals surface area contributed by atoms with Gasteiger partial charge in [0.25, 0.3) is 0 Å². The fraction of sp³-hybridized carbons (Fsp3) is 0.462. The van der Waals surface area contributed by atoms with Crippen LogP contribution in [0.4, 0.5) is 0 Å². The molecule has 18 heavy (non-hydrogen) atoms. The van der Waals surface area contributed by atoms with Crippen molar-refractivity contribution in [3.63, 3.8) is 0 Å². The van der Waals surface area contributed by atoms with Crippen LogP contribution in [0.25, 0.3) is 0 Å². The van der Waals surface area contributed by atoms with Crippen LogP contribution in [0, 0.1) is 16.0 Å². The Balaban J connectivity index is 2.50. The van der Waals surface area contributed by atoms with Crippen LogP contribution in [0.5, 0.6) is 5.75 Å². The maximum Gasteiger partial charge on any atom is 0.211 e. The van der Waals surface area contributed by atoms with Gasteiger partial charge in [0.1, 0.15) is 17.6 Å². The van der Waals surface area contributed by atoms with E-state index in [0.29, 0.717) is 5.75 Å². The molecule has 0 bridgehead atoms. The van der Waals surface area contributed by atoms with Crippen LogP contribution in [-0.2, 0) is 4.79 Å². The van der Waals surface area contributed by atoms with Gasteiger partial charge in [-0.15, -0.1) is 0 Å². The summed E-state index contributed by atoms with van der Waals surface area (Å²) in [5.74, 6) is -0.317. The molecule has 0 aromatic heterocycles. The van der Waals surface area contributed by atoms with E-state index in [1.807, 2.05) is 6.07 Å². The summed E-state index contributed by atoms with van der Waals surface area (Å²) in [5.41, 5.74) is 0.0159. The highest BCUT2D eigenvalue weighted by molar-refractivity contribution is 5.60. The number of nitro groups is 1. The van der Waals surface area contributed by atoms with E-state index in [1.165, 1.54) is 0 Å². The monoisotopic (exact) mass is 249 g/mol. The Kier molecular flexibility index (Phi) is 3.07. The number of ether oxygens (including phenoxy) is 1. The zero-order valence-corrected chi connectivity index (χ0v) is 10.3. The fourth-order valence-electron chi connectivity index (χ4n) is 2.54. The lowest BCUT2D eigenvalue weighted by atomic mass is 9.75. The molecule has 0 radical (unpaired) electrons. The number of nitrogens with zero attached hydrogens (tertiary/aromatic N) is 1. The molecule has 0 amide bonds. The van der Waals surface area contributed by atoms with E-state index >= 15 is 0 Å². The Morgan fingerprint density at radius 2 is 2.11 bits per heavy atom. The van der Waals surface area contributed by atoms with E-state index in [2.05, 4.69) is 0 Å². The van der Waals surface area contributed by atoms with Crippen molar-refractivity contribution in [1.82, 2.24) is 0 Å². The van der Waals surface area contributed by atoms with E-state index in [0.717, 1.165) is 11.8 Å². The molecule has 1 aromatic carbocycles. The number of benzene rings is 1. The molecule has 0 saturated heterocycles. The number of hydrogen-bond donors (Lipinski definition) is 0. The van der Waals surface area contributed by atoms with Gasteiger partial charge in [-0.3, -0.25) is 10.1 Å². The standard InChI is InChI=1S/C13H15NO4/c1-13(2)11(8-15)10(7-14(16)17)9-5-3-4-6-12(9)18-13/h3-6,8,10-11H,7H2,1-2H3/t10-,11+/m1/s1. The highest BCUT2D eigenvalue weighted by Crippen LogP contribution is 2.43. The molecule has 1 aliphatic heterocycles. The molecule has 1 aliphatic rings. The number of carbonyl (C=O) groups is 1. The average Bonchev–Trinajstić information content (AvgIpc) is 2.27. The minimum absolute atomic E-state index is 0.257. The molecule has 1 heterocycles. The molecule has 5 nitrogen and oxygen atoms in total. The predicted molar refractivity (Wildman–Crippen MR) is 65.3 cm³/mol. The highest BCUT2D eigenvalue weighted by atomic mass is 16.6. The van der Waals surface area contributed by atoms with Gasteiger partial charge in [-0.1, -0.05) is 18.2 Å². The van der Waals surface area contributed by atoms with Crippen LogP contribution in [0.1, 0.15) is 25.3 Å². The van der Waals surface area contributed by atoms with Crippen LogP contribution in [0.15, 0.2) is 24.3 Å². The van der Waals surface area contributed by atoms with Crippen LogP contribution in [0.2, 0.25) is 0 Å². The lowest BCUT2D eigenvalue weighted by Gasteiger charge is -2.40. The summed E-state index contributed by atoms with van der Waals surface area (Å²) in [5, 5.41) is 10.8. The SMILES string of the molecule is CC1(C)Oc2ccccc2[C@@H](C[N+](=O)[O-])[C@@H]1C=O. The fourth-order valence-corrected chi connectivity index (χ4v) is 2.54. The van der Waals surface area contributed by atoms with E-state index in [-0.39, 0.29) is 11.5 Å². The van der Waals surface area contributed by atoms with Gasteiger partial charge in [-0.05, 0) is 19.9 Å². The second-order valence-corrected chi connectivity index (χ2v) is 5.03. The molecule has 0 N–H and O–H groups in total. The second-order valence-electron chi connectivity index (χ2n) is 5.03. The number of rotatable bonds is 3. The number of para-hydroxylation sites is 1. The second kappa shape index (κ2) is 4.40. The molecule has 2 rings (SSSR count). The van der Waals surface area contributed by atoms with E-state index in [9.17, 15) is 14.9 Å². The van der Waals surface area contributed by atoms with Gasteiger partial charge in [-0.25, -0.2) is 0 Å². The van der Waals surface area contributed by atoms with Crippen molar-refractivity contribution in [2.45, 2.75) is 25.4 Å². The lowest BCUT2D eigenvalue weighted by Crippen LogP contribution is -2.47. The topological polar surface area (TPSA) is 69.4 Å². The van der Waals surface area contributed by atoms with Crippen molar-refractivity contribution in [2.24, 2.45) is 5.92 Å². The van der Waals surface area contributed by atoms with Crippen molar-refractivity contribution < 1.29 is 14.5 Å². The van der Waals surface area contributed by atoms with Crippen molar-refractivity contribution in [3.8, 4) is 5.75 Å². The van der Waals surface area contributed by atoms with Crippen molar-refractivity contribution in [2.75, 3.05) is 6.54 Å². The van der Waals surface area contributed by atoms with Crippen LogP contribution >= 0.6 is 0 Å². The smallest absolute Gasteiger partial charge is 0.211 e. The molecular formula is C13H15NO4. The van der Waals surface area contributed by atoms with E-state index in [1.54, 1.807) is 32.0 Å². The molecule has 5 heteroatoms. The third-order valence-electron chi connectivity index (χ3n) is 3.42. The lowest BCUT2D eigenvalue weighted by molar-refractivity contribution is -0.485. The molecule has 96 valence electrons. The number of carbonyl (C=O) groups excluding carboxylic acids is 1. The number of fused-ring (bicyclic) bond motifs is 1.